The maximum absolute atomic E-state index is 3.55. The van der Waals surface area contributed by atoms with Crippen molar-refractivity contribution in [1.29, 1.82) is 0 Å². The van der Waals surface area contributed by atoms with Crippen LogP contribution in [0.3, 0.4) is 0 Å². The van der Waals surface area contributed by atoms with E-state index in [-0.39, 0.29) is 0 Å². The Bertz CT molecular complexity index is 279. The lowest BCUT2D eigenvalue weighted by atomic mass is 9.78. The molecule has 2 aliphatic carbocycles. The zero-order chi connectivity index (χ0) is 14.5. The standard InChI is InChI=1S/C19H36N2/c1-19(12-14-20-15-13-19)16-21(17-8-4-2-5-9-17)18-10-6-3-7-11-18/h17-18,20H,2-16H2,1H3. The minimum atomic E-state index is 0.570. The van der Waals surface area contributed by atoms with E-state index in [2.05, 4.69) is 17.1 Å². The van der Waals surface area contributed by atoms with Crippen molar-refractivity contribution in [3.05, 3.63) is 0 Å². The first-order chi connectivity index (χ1) is 10.3. The van der Waals surface area contributed by atoms with Crippen LogP contribution in [0.2, 0.25) is 0 Å². The van der Waals surface area contributed by atoms with Gasteiger partial charge in [0, 0.05) is 18.6 Å². The Balaban J connectivity index is 1.67. The van der Waals surface area contributed by atoms with Crippen molar-refractivity contribution in [2.24, 2.45) is 5.41 Å². The molecule has 2 heteroatoms. The molecule has 0 amide bonds. The molecule has 3 rings (SSSR count). The smallest absolute Gasteiger partial charge is 0.00984 e. The molecular weight excluding hydrogens is 256 g/mol. The van der Waals surface area contributed by atoms with Gasteiger partial charge in [0.25, 0.3) is 0 Å². The molecule has 0 spiro atoms. The first-order valence-electron chi connectivity index (χ1n) is 9.73. The SMILES string of the molecule is CC1(CN(C2CCCCC2)C2CCCCC2)CCNCC1. The predicted octanol–water partition coefficient (Wildman–Crippen LogP) is 4.34. The molecule has 0 atom stereocenters. The van der Waals surface area contributed by atoms with Crippen molar-refractivity contribution < 1.29 is 0 Å². The van der Waals surface area contributed by atoms with Gasteiger partial charge < -0.3 is 5.32 Å². The second-order valence-electron chi connectivity index (χ2n) is 8.32. The molecule has 122 valence electrons. The molecule has 0 aromatic carbocycles. The summed E-state index contributed by atoms with van der Waals surface area (Å²) in [4.78, 5) is 3.02. The molecule has 1 heterocycles. The molecule has 0 aromatic rings. The van der Waals surface area contributed by atoms with E-state index in [1.807, 2.05) is 0 Å². The van der Waals surface area contributed by atoms with Crippen LogP contribution in [-0.2, 0) is 0 Å². The fraction of sp³-hybridized carbons (Fsp3) is 1.00. The number of rotatable bonds is 4. The van der Waals surface area contributed by atoms with Crippen molar-refractivity contribution >= 4 is 0 Å². The Morgan fingerprint density at radius 3 is 1.76 bits per heavy atom. The monoisotopic (exact) mass is 292 g/mol. The van der Waals surface area contributed by atoms with Crippen molar-refractivity contribution in [3.8, 4) is 0 Å². The average molecular weight is 293 g/mol. The van der Waals surface area contributed by atoms with E-state index in [1.165, 1.54) is 96.7 Å². The normalized spacial score (nSPS) is 28.9. The Kier molecular flexibility index (Phi) is 5.61. The van der Waals surface area contributed by atoms with Crippen LogP contribution >= 0.6 is 0 Å². The fourth-order valence-corrected chi connectivity index (χ4v) is 5.01. The quantitative estimate of drug-likeness (QED) is 0.829. The molecule has 0 aromatic heterocycles. The van der Waals surface area contributed by atoms with Gasteiger partial charge in [-0.15, -0.1) is 0 Å². The predicted molar refractivity (Wildman–Crippen MR) is 90.7 cm³/mol. The van der Waals surface area contributed by atoms with Crippen molar-refractivity contribution in [3.63, 3.8) is 0 Å². The van der Waals surface area contributed by atoms with Gasteiger partial charge >= 0.3 is 0 Å². The maximum Gasteiger partial charge on any atom is 0.00984 e. The largest absolute Gasteiger partial charge is 0.317 e. The van der Waals surface area contributed by atoms with Gasteiger partial charge in [0.15, 0.2) is 0 Å². The molecule has 3 fully saturated rings. The minimum absolute atomic E-state index is 0.570. The van der Waals surface area contributed by atoms with E-state index in [0.717, 1.165) is 12.1 Å². The molecule has 2 saturated carbocycles. The Morgan fingerprint density at radius 1 is 0.810 bits per heavy atom. The first-order valence-corrected chi connectivity index (χ1v) is 9.73. The lowest BCUT2D eigenvalue weighted by molar-refractivity contribution is 0.0276. The molecular formula is C19H36N2. The van der Waals surface area contributed by atoms with Gasteiger partial charge in [-0.3, -0.25) is 4.90 Å². The summed E-state index contributed by atoms with van der Waals surface area (Å²) in [5.74, 6) is 0. The second kappa shape index (κ2) is 7.46. The zero-order valence-electron chi connectivity index (χ0n) is 14.2. The van der Waals surface area contributed by atoms with Gasteiger partial charge in [-0.1, -0.05) is 45.4 Å². The van der Waals surface area contributed by atoms with Crippen LogP contribution in [0.4, 0.5) is 0 Å². The van der Waals surface area contributed by atoms with Gasteiger partial charge in [-0.25, -0.2) is 0 Å². The second-order valence-corrected chi connectivity index (χ2v) is 8.32. The molecule has 1 saturated heterocycles. The van der Waals surface area contributed by atoms with Crippen LogP contribution in [0.15, 0.2) is 0 Å². The highest BCUT2D eigenvalue weighted by Gasteiger charge is 2.35. The maximum atomic E-state index is 3.55. The van der Waals surface area contributed by atoms with E-state index in [1.54, 1.807) is 0 Å². The van der Waals surface area contributed by atoms with Crippen LogP contribution in [0.1, 0.15) is 84.0 Å². The highest BCUT2D eigenvalue weighted by atomic mass is 15.2. The van der Waals surface area contributed by atoms with Crippen molar-refractivity contribution in [1.82, 2.24) is 10.2 Å². The third-order valence-electron chi connectivity index (χ3n) is 6.46. The Hall–Kier alpha value is -0.0800. The fourth-order valence-electron chi connectivity index (χ4n) is 5.01. The van der Waals surface area contributed by atoms with E-state index in [0.29, 0.717) is 5.41 Å². The van der Waals surface area contributed by atoms with Gasteiger partial charge in [-0.05, 0) is 57.0 Å². The number of piperidine rings is 1. The molecule has 21 heavy (non-hydrogen) atoms. The summed E-state index contributed by atoms with van der Waals surface area (Å²) in [7, 11) is 0. The molecule has 0 radical (unpaired) electrons. The number of nitrogens with one attached hydrogen (secondary N) is 1. The summed E-state index contributed by atoms with van der Waals surface area (Å²) in [5, 5.41) is 3.55. The van der Waals surface area contributed by atoms with Crippen LogP contribution in [-0.4, -0.2) is 36.6 Å². The molecule has 0 bridgehead atoms. The lowest BCUT2D eigenvalue weighted by Crippen LogP contribution is -2.51. The van der Waals surface area contributed by atoms with E-state index < -0.39 is 0 Å². The first kappa shape index (κ1) is 15.8. The summed E-state index contributed by atoms with van der Waals surface area (Å²) in [6, 6.07) is 1.82. The summed E-state index contributed by atoms with van der Waals surface area (Å²) >= 11 is 0. The molecule has 3 aliphatic rings. The number of nitrogens with zero attached hydrogens (tertiary/aromatic N) is 1. The number of hydrogen-bond acceptors (Lipinski definition) is 2. The van der Waals surface area contributed by atoms with E-state index >= 15 is 0 Å². The Labute approximate surface area is 132 Å². The average Bonchev–Trinajstić information content (AvgIpc) is 2.55. The summed E-state index contributed by atoms with van der Waals surface area (Å²) < 4.78 is 0. The molecule has 2 nitrogen and oxygen atoms in total. The van der Waals surface area contributed by atoms with Crippen LogP contribution in [0.25, 0.3) is 0 Å². The van der Waals surface area contributed by atoms with Crippen molar-refractivity contribution in [2.75, 3.05) is 19.6 Å². The zero-order valence-corrected chi connectivity index (χ0v) is 14.2. The lowest BCUT2D eigenvalue weighted by Gasteiger charge is -2.47. The van der Waals surface area contributed by atoms with Crippen LogP contribution in [0, 0.1) is 5.41 Å². The van der Waals surface area contributed by atoms with Crippen molar-refractivity contribution in [2.45, 2.75) is 96.1 Å². The van der Waals surface area contributed by atoms with Crippen LogP contribution in [0.5, 0.6) is 0 Å². The van der Waals surface area contributed by atoms with Gasteiger partial charge in [0.05, 0.1) is 0 Å². The van der Waals surface area contributed by atoms with Gasteiger partial charge in [-0.2, -0.15) is 0 Å². The van der Waals surface area contributed by atoms with Gasteiger partial charge in [0.2, 0.25) is 0 Å². The summed E-state index contributed by atoms with van der Waals surface area (Å²) in [6.45, 7) is 6.41. The van der Waals surface area contributed by atoms with E-state index in [4.69, 9.17) is 0 Å². The topological polar surface area (TPSA) is 15.3 Å². The summed E-state index contributed by atoms with van der Waals surface area (Å²) in [5.41, 5.74) is 0.570. The van der Waals surface area contributed by atoms with Gasteiger partial charge in [0.1, 0.15) is 0 Å². The number of hydrogen-bond donors (Lipinski definition) is 1. The Morgan fingerprint density at radius 2 is 1.29 bits per heavy atom. The highest BCUT2D eigenvalue weighted by molar-refractivity contribution is 4.90. The van der Waals surface area contributed by atoms with Crippen LogP contribution < -0.4 is 5.32 Å². The molecule has 1 N–H and O–H groups in total. The highest BCUT2D eigenvalue weighted by Crippen LogP contribution is 2.36. The molecule has 1 aliphatic heterocycles. The van der Waals surface area contributed by atoms with E-state index in [9.17, 15) is 0 Å². The minimum Gasteiger partial charge on any atom is -0.317 e. The summed E-state index contributed by atoms with van der Waals surface area (Å²) in [6.07, 6.45) is 17.5. The third-order valence-corrected chi connectivity index (χ3v) is 6.46. The molecule has 0 unspecified atom stereocenters. The third kappa shape index (κ3) is 4.22.